The minimum Gasteiger partial charge on any atom is -0.451 e. The zero-order valence-electron chi connectivity index (χ0n) is 16.5. The first-order chi connectivity index (χ1) is 11.9. The second-order valence-corrected chi connectivity index (χ2v) is 8.33. The van der Waals surface area contributed by atoms with Crippen LogP contribution in [0.15, 0.2) is 29.8 Å². The highest BCUT2D eigenvalue weighted by Gasteiger charge is 2.27. The minimum atomic E-state index is -0.808. The van der Waals surface area contributed by atoms with Gasteiger partial charge in [0.1, 0.15) is 11.6 Å². The normalized spacial score (nSPS) is 12.3. The van der Waals surface area contributed by atoms with Gasteiger partial charge < -0.3 is 10.1 Å². The molecule has 0 bridgehead atoms. The third-order valence-corrected chi connectivity index (χ3v) is 3.51. The molecule has 0 radical (unpaired) electrons. The van der Waals surface area contributed by atoms with Crippen LogP contribution in [0.1, 0.15) is 52.2 Å². The summed E-state index contributed by atoms with van der Waals surface area (Å²) in [6.07, 6.45) is 2.22. The SMILES string of the molecule is Cc1ccc(/C=C(\C#N)C(=O)OCC(=O)NC(C)(C)CC(C)(C)C)cc1. The van der Waals surface area contributed by atoms with Crippen LogP contribution in [0.3, 0.4) is 0 Å². The highest BCUT2D eigenvalue weighted by molar-refractivity contribution is 5.98. The fourth-order valence-corrected chi connectivity index (χ4v) is 2.96. The molecule has 26 heavy (non-hydrogen) atoms. The predicted octanol–water partition coefficient (Wildman–Crippen LogP) is 3.78. The van der Waals surface area contributed by atoms with E-state index in [1.165, 1.54) is 6.08 Å². The molecule has 0 heterocycles. The molecular formula is C21H28N2O3. The van der Waals surface area contributed by atoms with Gasteiger partial charge in [-0.1, -0.05) is 50.6 Å². The average molecular weight is 356 g/mol. The van der Waals surface area contributed by atoms with Crippen LogP contribution in [0.4, 0.5) is 0 Å². The topological polar surface area (TPSA) is 79.2 Å². The van der Waals surface area contributed by atoms with Gasteiger partial charge in [-0.3, -0.25) is 4.79 Å². The molecule has 140 valence electrons. The number of benzene rings is 1. The van der Waals surface area contributed by atoms with Crippen LogP contribution in [0.25, 0.3) is 6.08 Å². The Balaban J connectivity index is 2.65. The van der Waals surface area contributed by atoms with Crippen molar-refractivity contribution in [3.63, 3.8) is 0 Å². The summed E-state index contributed by atoms with van der Waals surface area (Å²) in [6, 6.07) is 9.21. The number of carbonyl (C=O) groups excluding carboxylic acids is 2. The first-order valence-electron chi connectivity index (χ1n) is 8.58. The molecule has 0 aliphatic carbocycles. The smallest absolute Gasteiger partial charge is 0.349 e. The molecule has 0 aromatic heterocycles. The molecule has 0 aliphatic rings. The van der Waals surface area contributed by atoms with Crippen LogP contribution >= 0.6 is 0 Å². The van der Waals surface area contributed by atoms with Crippen molar-refractivity contribution in [1.29, 1.82) is 5.26 Å². The molecule has 0 saturated carbocycles. The first-order valence-corrected chi connectivity index (χ1v) is 8.58. The molecule has 0 aliphatic heterocycles. The lowest BCUT2D eigenvalue weighted by molar-refractivity contribution is -0.145. The standard InChI is InChI=1S/C21H28N2O3/c1-15-7-9-16(10-8-15)11-17(12-22)19(25)26-13-18(24)23-21(5,6)14-20(2,3)4/h7-11H,13-14H2,1-6H3,(H,23,24)/b17-11+. The minimum absolute atomic E-state index is 0.0538. The van der Waals surface area contributed by atoms with Crippen LogP contribution in [0.5, 0.6) is 0 Å². The third kappa shape index (κ3) is 7.98. The lowest BCUT2D eigenvalue weighted by atomic mass is 9.82. The Hall–Kier alpha value is -2.61. The first kappa shape index (κ1) is 21.4. The van der Waals surface area contributed by atoms with Crippen LogP contribution in [0.2, 0.25) is 0 Å². The molecule has 1 amide bonds. The van der Waals surface area contributed by atoms with Gasteiger partial charge in [-0.15, -0.1) is 0 Å². The largest absolute Gasteiger partial charge is 0.451 e. The summed E-state index contributed by atoms with van der Waals surface area (Å²) >= 11 is 0. The molecule has 0 spiro atoms. The molecular weight excluding hydrogens is 328 g/mol. The number of carbonyl (C=O) groups is 2. The van der Waals surface area contributed by atoms with Gasteiger partial charge in [0.25, 0.3) is 5.91 Å². The Kier molecular flexibility index (Phi) is 7.14. The molecule has 0 atom stereocenters. The summed E-state index contributed by atoms with van der Waals surface area (Å²) in [4.78, 5) is 24.1. The van der Waals surface area contributed by atoms with Crippen molar-refractivity contribution in [3.8, 4) is 6.07 Å². The van der Waals surface area contributed by atoms with Crippen LogP contribution in [-0.2, 0) is 14.3 Å². The van der Waals surface area contributed by atoms with Crippen LogP contribution in [0, 0.1) is 23.7 Å². The van der Waals surface area contributed by atoms with E-state index < -0.39 is 18.1 Å². The van der Waals surface area contributed by atoms with Crippen molar-refractivity contribution in [2.75, 3.05) is 6.61 Å². The van der Waals surface area contributed by atoms with Gasteiger partial charge in [-0.25, -0.2) is 4.79 Å². The predicted molar refractivity (Wildman–Crippen MR) is 102 cm³/mol. The Morgan fingerprint density at radius 3 is 2.23 bits per heavy atom. The van der Waals surface area contributed by atoms with Gasteiger partial charge in [0.2, 0.25) is 0 Å². The van der Waals surface area contributed by atoms with Gasteiger partial charge in [-0.2, -0.15) is 5.26 Å². The zero-order chi connectivity index (χ0) is 20.0. The van der Waals surface area contributed by atoms with Gasteiger partial charge in [0.15, 0.2) is 6.61 Å². The van der Waals surface area contributed by atoms with Crippen LogP contribution in [-0.4, -0.2) is 24.0 Å². The van der Waals surface area contributed by atoms with Crippen molar-refractivity contribution in [1.82, 2.24) is 5.32 Å². The number of rotatable bonds is 6. The maximum atomic E-state index is 12.1. The summed E-state index contributed by atoms with van der Waals surface area (Å²) in [5, 5.41) is 12.0. The van der Waals surface area contributed by atoms with Crippen LogP contribution < -0.4 is 5.32 Å². The second kappa shape index (κ2) is 8.66. The highest BCUT2D eigenvalue weighted by atomic mass is 16.5. The summed E-state index contributed by atoms with van der Waals surface area (Å²) in [6.45, 7) is 11.7. The average Bonchev–Trinajstić information content (AvgIpc) is 2.49. The molecule has 5 heteroatoms. The van der Waals surface area contributed by atoms with E-state index in [0.717, 1.165) is 17.5 Å². The van der Waals surface area contributed by atoms with Crippen molar-refractivity contribution in [3.05, 3.63) is 41.0 Å². The summed E-state index contributed by atoms with van der Waals surface area (Å²) in [5.41, 5.74) is 1.30. The zero-order valence-corrected chi connectivity index (χ0v) is 16.5. The van der Waals surface area contributed by atoms with Gasteiger partial charge in [0.05, 0.1) is 0 Å². The van der Waals surface area contributed by atoms with Crippen molar-refractivity contribution < 1.29 is 14.3 Å². The molecule has 1 N–H and O–H groups in total. The number of nitrogens with one attached hydrogen (secondary N) is 1. The molecule has 0 saturated heterocycles. The Morgan fingerprint density at radius 2 is 1.73 bits per heavy atom. The maximum absolute atomic E-state index is 12.1. The lowest BCUT2D eigenvalue weighted by Crippen LogP contribution is -2.47. The molecule has 1 rings (SSSR count). The van der Waals surface area contributed by atoms with E-state index in [-0.39, 0.29) is 16.9 Å². The molecule has 5 nitrogen and oxygen atoms in total. The number of hydrogen-bond acceptors (Lipinski definition) is 4. The Labute approximate surface area is 156 Å². The number of nitrogens with zero attached hydrogens (tertiary/aromatic N) is 1. The lowest BCUT2D eigenvalue weighted by Gasteiger charge is -2.33. The van der Waals surface area contributed by atoms with Crippen molar-refractivity contribution >= 4 is 18.0 Å². The highest BCUT2D eigenvalue weighted by Crippen LogP contribution is 2.26. The summed E-state index contributed by atoms with van der Waals surface area (Å²) in [5.74, 6) is -1.20. The van der Waals surface area contributed by atoms with E-state index in [2.05, 4.69) is 26.1 Å². The van der Waals surface area contributed by atoms with Gasteiger partial charge >= 0.3 is 5.97 Å². The third-order valence-electron chi connectivity index (χ3n) is 3.51. The Morgan fingerprint density at radius 1 is 1.15 bits per heavy atom. The van der Waals surface area contributed by atoms with Crippen molar-refractivity contribution in [2.45, 2.75) is 53.5 Å². The van der Waals surface area contributed by atoms with Gasteiger partial charge in [-0.05, 0) is 44.2 Å². The fourth-order valence-electron chi connectivity index (χ4n) is 2.96. The number of amides is 1. The quantitative estimate of drug-likeness (QED) is 0.478. The molecule has 0 fully saturated rings. The van der Waals surface area contributed by atoms with E-state index in [0.29, 0.717) is 0 Å². The Bertz CT molecular complexity index is 717. The number of hydrogen-bond donors (Lipinski definition) is 1. The molecule has 0 unspecified atom stereocenters. The van der Waals surface area contributed by atoms with E-state index in [1.807, 2.05) is 51.1 Å². The molecule has 1 aromatic rings. The monoisotopic (exact) mass is 356 g/mol. The van der Waals surface area contributed by atoms with E-state index in [1.54, 1.807) is 0 Å². The van der Waals surface area contributed by atoms with Gasteiger partial charge in [0, 0.05) is 5.54 Å². The van der Waals surface area contributed by atoms with Crippen molar-refractivity contribution in [2.24, 2.45) is 5.41 Å². The number of ether oxygens (including phenoxy) is 1. The summed E-state index contributed by atoms with van der Waals surface area (Å²) < 4.78 is 4.99. The summed E-state index contributed by atoms with van der Waals surface area (Å²) in [7, 11) is 0. The number of nitriles is 1. The van der Waals surface area contributed by atoms with E-state index in [9.17, 15) is 14.9 Å². The maximum Gasteiger partial charge on any atom is 0.349 e. The second-order valence-electron chi connectivity index (χ2n) is 8.33. The fraction of sp³-hybridized carbons (Fsp3) is 0.476. The molecule has 1 aromatic carbocycles. The van der Waals surface area contributed by atoms with E-state index in [4.69, 9.17) is 4.74 Å². The number of aryl methyl sites for hydroxylation is 1. The number of esters is 1. The van der Waals surface area contributed by atoms with E-state index >= 15 is 0 Å².